The van der Waals surface area contributed by atoms with Crippen molar-refractivity contribution in [1.29, 1.82) is 0 Å². The molecule has 5 rings (SSSR count). The molecule has 33 heavy (non-hydrogen) atoms. The lowest BCUT2D eigenvalue weighted by atomic mass is 9.65. The van der Waals surface area contributed by atoms with Crippen LogP contribution in [0.4, 0.5) is 5.82 Å². The van der Waals surface area contributed by atoms with Crippen molar-refractivity contribution >= 4 is 28.5 Å². The molecule has 9 heteroatoms. The molecule has 0 radical (unpaired) electrons. The number of fused-ring (bicyclic) bond motifs is 1. The van der Waals surface area contributed by atoms with Crippen molar-refractivity contribution in [2.75, 3.05) is 4.90 Å². The Kier molecular flexibility index (Phi) is 5.04. The van der Waals surface area contributed by atoms with Gasteiger partial charge in [0.05, 0.1) is 29.5 Å². The van der Waals surface area contributed by atoms with Crippen LogP contribution in [0.15, 0.2) is 37.2 Å². The first-order valence-corrected chi connectivity index (χ1v) is 11.4. The van der Waals surface area contributed by atoms with E-state index in [1.807, 2.05) is 16.8 Å². The van der Waals surface area contributed by atoms with E-state index in [2.05, 4.69) is 26.9 Å². The maximum absolute atomic E-state index is 13.5. The lowest BCUT2D eigenvalue weighted by Gasteiger charge is -2.41. The number of hydrogen-bond donors (Lipinski definition) is 1. The van der Waals surface area contributed by atoms with Crippen LogP contribution in [0.25, 0.3) is 11.0 Å². The Morgan fingerprint density at radius 3 is 2.70 bits per heavy atom. The molecular weight excluding hydrogens is 420 g/mol. The van der Waals surface area contributed by atoms with Crippen molar-refractivity contribution < 1.29 is 14.7 Å². The van der Waals surface area contributed by atoms with Gasteiger partial charge in [-0.1, -0.05) is 19.8 Å². The summed E-state index contributed by atoms with van der Waals surface area (Å²) in [6, 6.07) is 1.53. The van der Waals surface area contributed by atoms with E-state index in [1.54, 1.807) is 20.0 Å². The van der Waals surface area contributed by atoms with Crippen LogP contribution in [0.5, 0.6) is 0 Å². The largest absolute Gasteiger partial charge is 0.384 e. The van der Waals surface area contributed by atoms with Crippen molar-refractivity contribution in [3.63, 3.8) is 0 Å². The minimum absolute atomic E-state index is 0.326. The number of ketones is 1. The Balaban J connectivity index is 1.60. The van der Waals surface area contributed by atoms with Crippen LogP contribution >= 0.6 is 0 Å². The SMILES string of the molecule is C[C@H]1CCC[C@@]2(C1)C(=O)C(=O)N(c1cnc(C(C)(C)O)cn1)C2Cn1ccc2cncnc21. The van der Waals surface area contributed by atoms with Gasteiger partial charge in [0, 0.05) is 24.3 Å². The van der Waals surface area contributed by atoms with Crippen LogP contribution < -0.4 is 4.90 Å². The van der Waals surface area contributed by atoms with Gasteiger partial charge >= 0.3 is 0 Å². The molecule has 1 unspecified atom stereocenters. The van der Waals surface area contributed by atoms with Crippen LogP contribution in [0, 0.1) is 11.3 Å². The summed E-state index contributed by atoms with van der Waals surface area (Å²) in [5.74, 6) is -0.193. The molecule has 3 atom stereocenters. The molecule has 9 nitrogen and oxygen atoms in total. The molecule has 3 aromatic heterocycles. The van der Waals surface area contributed by atoms with Gasteiger partial charge in [-0.05, 0) is 38.7 Å². The van der Waals surface area contributed by atoms with Crippen LogP contribution in [-0.4, -0.2) is 47.3 Å². The summed E-state index contributed by atoms with van der Waals surface area (Å²) in [6.07, 6.45) is 11.4. The van der Waals surface area contributed by atoms with Gasteiger partial charge in [-0.3, -0.25) is 19.5 Å². The van der Waals surface area contributed by atoms with E-state index in [-0.39, 0.29) is 5.78 Å². The lowest BCUT2D eigenvalue weighted by molar-refractivity contribution is -0.140. The summed E-state index contributed by atoms with van der Waals surface area (Å²) in [5.41, 5.74) is -0.761. The first-order chi connectivity index (χ1) is 15.7. The number of aromatic nitrogens is 5. The molecule has 2 aliphatic rings. The number of amides is 1. The van der Waals surface area contributed by atoms with Gasteiger partial charge in [-0.15, -0.1) is 0 Å². The van der Waals surface area contributed by atoms with Gasteiger partial charge in [0.1, 0.15) is 17.6 Å². The molecule has 2 fully saturated rings. The molecule has 1 saturated heterocycles. The Morgan fingerprint density at radius 2 is 2.00 bits per heavy atom. The molecule has 1 aliphatic heterocycles. The summed E-state index contributed by atoms with van der Waals surface area (Å²) < 4.78 is 1.99. The highest BCUT2D eigenvalue weighted by Crippen LogP contribution is 2.50. The quantitative estimate of drug-likeness (QED) is 0.610. The third-order valence-electron chi connectivity index (χ3n) is 7.15. The van der Waals surface area contributed by atoms with E-state index in [9.17, 15) is 14.7 Å². The van der Waals surface area contributed by atoms with Crippen molar-refractivity contribution in [1.82, 2.24) is 24.5 Å². The zero-order valence-corrected chi connectivity index (χ0v) is 19.1. The minimum Gasteiger partial charge on any atom is -0.384 e. The molecule has 4 heterocycles. The van der Waals surface area contributed by atoms with Crippen LogP contribution in [0.1, 0.15) is 52.1 Å². The number of carbonyl (C=O) groups is 2. The van der Waals surface area contributed by atoms with Crippen molar-refractivity contribution in [2.45, 2.75) is 64.6 Å². The average Bonchev–Trinajstić information content (AvgIpc) is 3.27. The zero-order chi connectivity index (χ0) is 23.4. The minimum atomic E-state index is -1.15. The number of carbonyl (C=O) groups excluding carboxylic acids is 2. The summed E-state index contributed by atoms with van der Waals surface area (Å²) in [5, 5.41) is 11.1. The molecule has 1 aliphatic carbocycles. The Hall–Kier alpha value is -3.20. The van der Waals surface area contributed by atoms with Crippen LogP contribution in [0.2, 0.25) is 0 Å². The third kappa shape index (κ3) is 3.51. The van der Waals surface area contributed by atoms with E-state index < -0.39 is 23.0 Å². The highest BCUT2D eigenvalue weighted by atomic mass is 16.3. The molecule has 0 bridgehead atoms. The van der Waals surface area contributed by atoms with Gasteiger partial charge < -0.3 is 9.67 Å². The average molecular weight is 449 g/mol. The normalized spacial score (nSPS) is 26.0. The summed E-state index contributed by atoms with van der Waals surface area (Å²) >= 11 is 0. The molecule has 1 spiro atoms. The van der Waals surface area contributed by atoms with Crippen LogP contribution in [-0.2, 0) is 21.7 Å². The van der Waals surface area contributed by atoms with Crippen molar-refractivity contribution in [3.05, 3.63) is 42.9 Å². The highest BCUT2D eigenvalue weighted by Gasteiger charge is 2.60. The molecular formula is C24H28N6O3. The number of hydrogen-bond acceptors (Lipinski definition) is 7. The molecule has 172 valence electrons. The predicted octanol–water partition coefficient (Wildman–Crippen LogP) is 2.63. The molecule has 3 aromatic rings. The maximum atomic E-state index is 13.5. The van der Waals surface area contributed by atoms with Crippen molar-refractivity contribution in [2.24, 2.45) is 11.3 Å². The van der Waals surface area contributed by atoms with E-state index in [4.69, 9.17) is 0 Å². The van der Waals surface area contributed by atoms with E-state index in [0.717, 1.165) is 23.9 Å². The van der Waals surface area contributed by atoms with Crippen LogP contribution in [0.3, 0.4) is 0 Å². The second kappa shape index (κ2) is 7.69. The smallest absolute Gasteiger partial charge is 0.296 e. The van der Waals surface area contributed by atoms with E-state index in [1.165, 1.54) is 23.6 Å². The van der Waals surface area contributed by atoms with E-state index in [0.29, 0.717) is 36.8 Å². The topological polar surface area (TPSA) is 114 Å². The predicted molar refractivity (Wildman–Crippen MR) is 121 cm³/mol. The maximum Gasteiger partial charge on any atom is 0.296 e. The molecule has 1 saturated carbocycles. The number of aliphatic hydroxyl groups is 1. The van der Waals surface area contributed by atoms with Gasteiger partial charge in [0.15, 0.2) is 5.82 Å². The summed E-state index contributed by atoms with van der Waals surface area (Å²) in [7, 11) is 0. The van der Waals surface area contributed by atoms with Gasteiger partial charge in [0.2, 0.25) is 5.78 Å². The summed E-state index contributed by atoms with van der Waals surface area (Å²) in [6.45, 7) is 5.82. The number of anilines is 1. The summed E-state index contributed by atoms with van der Waals surface area (Å²) in [4.78, 5) is 45.7. The van der Waals surface area contributed by atoms with Gasteiger partial charge in [0.25, 0.3) is 5.91 Å². The van der Waals surface area contributed by atoms with Gasteiger partial charge in [-0.25, -0.2) is 15.0 Å². The van der Waals surface area contributed by atoms with Crippen molar-refractivity contribution in [3.8, 4) is 0 Å². The number of nitrogens with zero attached hydrogens (tertiary/aromatic N) is 6. The standard InChI is InChI=1S/C24H28N6O3/c1-15-5-4-7-24(9-15)18(13-29-8-6-16-10-25-14-28-21(16)29)30(22(32)20(24)31)19-12-26-17(11-27-19)23(2,3)33/h6,8,10-12,14-15,18,33H,4-5,7,9,13H2,1-3H3/t15-,18?,24-/m0/s1. The zero-order valence-electron chi connectivity index (χ0n) is 19.1. The third-order valence-corrected chi connectivity index (χ3v) is 7.15. The van der Waals surface area contributed by atoms with E-state index >= 15 is 0 Å². The number of rotatable bonds is 4. The first-order valence-electron chi connectivity index (χ1n) is 11.4. The highest BCUT2D eigenvalue weighted by molar-refractivity contribution is 6.46. The van der Waals surface area contributed by atoms with Gasteiger partial charge in [-0.2, -0.15) is 0 Å². The Bertz CT molecular complexity index is 1210. The number of Topliss-reactive ketones (excluding diaryl/α,β-unsaturated/α-hetero) is 1. The fourth-order valence-corrected chi connectivity index (χ4v) is 5.51. The lowest BCUT2D eigenvalue weighted by Crippen LogP contribution is -2.47. The fraction of sp³-hybridized carbons (Fsp3) is 0.500. The first kappa shape index (κ1) is 21.6. The molecule has 0 aromatic carbocycles. The Labute approximate surface area is 191 Å². The second-order valence-corrected chi connectivity index (χ2v) is 9.97. The second-order valence-electron chi connectivity index (χ2n) is 9.97. The monoisotopic (exact) mass is 448 g/mol. The molecule has 1 N–H and O–H groups in total. The molecule has 1 amide bonds. The Morgan fingerprint density at radius 1 is 1.18 bits per heavy atom. The fourth-order valence-electron chi connectivity index (χ4n) is 5.51.